The SMILES string of the molecule is CCCCCCCCCCCCCCCCN1C=CN(C)C1CCCCCC. The Morgan fingerprint density at radius 3 is 1.46 bits per heavy atom. The Hall–Kier alpha value is -0.660. The van der Waals surface area contributed by atoms with Crippen LogP contribution in [0.3, 0.4) is 0 Å². The highest BCUT2D eigenvalue weighted by atomic mass is 15.4. The first kappa shape index (κ1) is 25.4. The normalized spacial score (nSPS) is 16.5. The van der Waals surface area contributed by atoms with Gasteiger partial charge in [0.15, 0.2) is 0 Å². The Kier molecular flexibility index (Phi) is 16.7. The minimum absolute atomic E-state index is 0.624. The summed E-state index contributed by atoms with van der Waals surface area (Å²) >= 11 is 0. The Balaban J connectivity index is 1.89. The van der Waals surface area contributed by atoms with E-state index in [1.807, 2.05) is 0 Å². The number of nitrogens with zero attached hydrogens (tertiary/aromatic N) is 2. The van der Waals surface area contributed by atoms with Crippen molar-refractivity contribution in [2.75, 3.05) is 13.6 Å². The van der Waals surface area contributed by atoms with E-state index in [1.54, 1.807) is 0 Å². The van der Waals surface area contributed by atoms with Crippen molar-refractivity contribution in [1.82, 2.24) is 9.80 Å². The van der Waals surface area contributed by atoms with Crippen LogP contribution in [0, 0.1) is 0 Å². The van der Waals surface area contributed by atoms with Gasteiger partial charge in [-0.3, -0.25) is 0 Å². The largest absolute Gasteiger partial charge is 0.359 e. The van der Waals surface area contributed by atoms with Crippen LogP contribution in [0.2, 0.25) is 0 Å². The Morgan fingerprint density at radius 1 is 0.536 bits per heavy atom. The molecule has 0 fully saturated rings. The second-order valence-electron chi connectivity index (χ2n) is 9.13. The summed E-state index contributed by atoms with van der Waals surface area (Å²) in [5.74, 6) is 0. The van der Waals surface area contributed by atoms with Crippen LogP contribution in [0.15, 0.2) is 12.4 Å². The lowest BCUT2D eigenvalue weighted by Gasteiger charge is -2.30. The van der Waals surface area contributed by atoms with Gasteiger partial charge in [0.25, 0.3) is 0 Å². The average molecular weight is 393 g/mol. The third-order valence-corrected chi connectivity index (χ3v) is 6.43. The van der Waals surface area contributed by atoms with Gasteiger partial charge < -0.3 is 9.80 Å². The molecule has 1 heterocycles. The standard InChI is InChI=1S/C26H52N2/c1-4-6-8-10-11-12-13-14-15-16-17-18-19-21-23-28-25-24-27(3)26(28)22-20-9-7-5-2/h24-26H,4-23H2,1-3H3. The van der Waals surface area contributed by atoms with Gasteiger partial charge >= 0.3 is 0 Å². The van der Waals surface area contributed by atoms with Gasteiger partial charge in [-0.2, -0.15) is 0 Å². The molecule has 0 aromatic heterocycles. The second kappa shape index (κ2) is 18.4. The average Bonchev–Trinajstić information content (AvgIpc) is 3.05. The van der Waals surface area contributed by atoms with Crippen molar-refractivity contribution in [2.24, 2.45) is 0 Å². The first-order valence-corrected chi connectivity index (χ1v) is 13.0. The van der Waals surface area contributed by atoms with Gasteiger partial charge in [0.05, 0.1) is 0 Å². The number of unbranched alkanes of at least 4 members (excludes halogenated alkanes) is 16. The Morgan fingerprint density at radius 2 is 0.964 bits per heavy atom. The van der Waals surface area contributed by atoms with Crippen molar-refractivity contribution in [3.8, 4) is 0 Å². The van der Waals surface area contributed by atoms with E-state index in [0.29, 0.717) is 6.17 Å². The maximum atomic E-state index is 2.59. The summed E-state index contributed by atoms with van der Waals surface area (Å²) in [4.78, 5) is 5.00. The van der Waals surface area contributed by atoms with Crippen LogP contribution in [0.4, 0.5) is 0 Å². The van der Waals surface area contributed by atoms with E-state index in [1.165, 1.54) is 129 Å². The summed E-state index contributed by atoms with van der Waals surface area (Å²) in [5.41, 5.74) is 0. The quantitative estimate of drug-likeness (QED) is 0.192. The number of hydrogen-bond donors (Lipinski definition) is 0. The van der Waals surface area contributed by atoms with Crippen LogP contribution in [0.25, 0.3) is 0 Å². The second-order valence-corrected chi connectivity index (χ2v) is 9.13. The zero-order valence-corrected chi connectivity index (χ0v) is 19.8. The predicted octanol–water partition coefficient (Wildman–Crippen LogP) is 8.48. The summed E-state index contributed by atoms with van der Waals surface area (Å²) in [6, 6.07) is 0. The molecule has 0 aromatic rings. The molecule has 0 amide bonds. The van der Waals surface area contributed by atoms with Crippen molar-refractivity contribution in [2.45, 2.75) is 142 Å². The molecule has 0 radical (unpaired) electrons. The summed E-state index contributed by atoms with van der Waals surface area (Å²) in [7, 11) is 2.24. The van der Waals surface area contributed by atoms with Crippen LogP contribution in [-0.4, -0.2) is 29.6 Å². The summed E-state index contributed by atoms with van der Waals surface area (Å²) in [5, 5.41) is 0. The molecule has 2 heteroatoms. The minimum atomic E-state index is 0.624. The molecule has 0 N–H and O–H groups in total. The predicted molar refractivity (Wildman–Crippen MR) is 126 cm³/mol. The lowest BCUT2D eigenvalue weighted by atomic mass is 10.0. The molecule has 1 unspecified atom stereocenters. The van der Waals surface area contributed by atoms with Gasteiger partial charge in [0.1, 0.15) is 6.17 Å². The molecule has 1 aliphatic rings. The van der Waals surface area contributed by atoms with Gasteiger partial charge in [0, 0.05) is 26.0 Å². The van der Waals surface area contributed by atoms with Gasteiger partial charge in [-0.1, -0.05) is 117 Å². The van der Waals surface area contributed by atoms with Crippen molar-refractivity contribution in [3.63, 3.8) is 0 Å². The van der Waals surface area contributed by atoms with E-state index in [9.17, 15) is 0 Å². The maximum Gasteiger partial charge on any atom is 0.100 e. The van der Waals surface area contributed by atoms with E-state index in [-0.39, 0.29) is 0 Å². The third kappa shape index (κ3) is 12.7. The molecular weight excluding hydrogens is 340 g/mol. The van der Waals surface area contributed by atoms with E-state index in [0.717, 1.165) is 0 Å². The summed E-state index contributed by atoms with van der Waals surface area (Å²) < 4.78 is 0. The van der Waals surface area contributed by atoms with Gasteiger partial charge in [-0.15, -0.1) is 0 Å². The van der Waals surface area contributed by atoms with E-state index >= 15 is 0 Å². The van der Waals surface area contributed by atoms with Gasteiger partial charge in [-0.25, -0.2) is 0 Å². The number of hydrogen-bond acceptors (Lipinski definition) is 2. The lowest BCUT2D eigenvalue weighted by Crippen LogP contribution is -2.37. The summed E-state index contributed by atoms with van der Waals surface area (Å²) in [6.07, 6.45) is 32.2. The molecule has 0 saturated heterocycles. The molecule has 1 rings (SSSR count). The smallest absolute Gasteiger partial charge is 0.100 e. The summed E-state index contributed by atoms with van der Waals surface area (Å²) in [6.45, 7) is 5.84. The molecule has 2 nitrogen and oxygen atoms in total. The van der Waals surface area contributed by atoms with Crippen molar-refractivity contribution < 1.29 is 0 Å². The van der Waals surface area contributed by atoms with Crippen molar-refractivity contribution in [1.29, 1.82) is 0 Å². The van der Waals surface area contributed by atoms with Gasteiger partial charge in [0.2, 0.25) is 0 Å². The first-order chi connectivity index (χ1) is 13.8. The van der Waals surface area contributed by atoms with Crippen LogP contribution in [0.1, 0.15) is 136 Å². The fraction of sp³-hybridized carbons (Fsp3) is 0.923. The first-order valence-electron chi connectivity index (χ1n) is 13.0. The van der Waals surface area contributed by atoms with Crippen LogP contribution < -0.4 is 0 Å². The fourth-order valence-corrected chi connectivity index (χ4v) is 4.46. The zero-order chi connectivity index (χ0) is 20.3. The zero-order valence-electron chi connectivity index (χ0n) is 19.8. The molecule has 0 spiro atoms. The molecule has 0 aromatic carbocycles. The molecule has 166 valence electrons. The van der Waals surface area contributed by atoms with Crippen molar-refractivity contribution >= 4 is 0 Å². The molecular formula is C26H52N2. The topological polar surface area (TPSA) is 6.48 Å². The minimum Gasteiger partial charge on any atom is -0.359 e. The fourth-order valence-electron chi connectivity index (χ4n) is 4.46. The van der Waals surface area contributed by atoms with E-state index in [2.05, 4.69) is 43.1 Å². The molecule has 0 saturated carbocycles. The van der Waals surface area contributed by atoms with Crippen LogP contribution in [-0.2, 0) is 0 Å². The third-order valence-electron chi connectivity index (χ3n) is 6.43. The number of rotatable bonds is 20. The van der Waals surface area contributed by atoms with Crippen LogP contribution in [0.5, 0.6) is 0 Å². The highest BCUT2D eigenvalue weighted by Gasteiger charge is 2.22. The monoisotopic (exact) mass is 392 g/mol. The van der Waals surface area contributed by atoms with Crippen LogP contribution >= 0.6 is 0 Å². The van der Waals surface area contributed by atoms with E-state index < -0.39 is 0 Å². The lowest BCUT2D eigenvalue weighted by molar-refractivity contribution is 0.159. The Bertz CT molecular complexity index is 352. The van der Waals surface area contributed by atoms with Gasteiger partial charge in [-0.05, 0) is 19.3 Å². The van der Waals surface area contributed by atoms with Crippen molar-refractivity contribution in [3.05, 3.63) is 12.4 Å². The highest BCUT2D eigenvalue weighted by Crippen LogP contribution is 2.21. The molecule has 0 bridgehead atoms. The highest BCUT2D eigenvalue weighted by molar-refractivity contribution is 4.95. The maximum absolute atomic E-state index is 2.59. The Labute approximate surface area is 178 Å². The molecule has 0 aliphatic carbocycles. The molecule has 28 heavy (non-hydrogen) atoms. The molecule has 1 atom stereocenters. The van der Waals surface area contributed by atoms with E-state index in [4.69, 9.17) is 0 Å². The molecule has 1 aliphatic heterocycles.